The fourth-order valence-corrected chi connectivity index (χ4v) is 2.95. The summed E-state index contributed by atoms with van der Waals surface area (Å²) in [7, 11) is 0. The Bertz CT molecular complexity index is 268. The molecule has 0 N–H and O–H groups in total. The van der Waals surface area contributed by atoms with E-state index in [0.29, 0.717) is 18.6 Å². The van der Waals surface area contributed by atoms with Gasteiger partial charge in [-0.2, -0.15) is 0 Å². The quantitative estimate of drug-likeness (QED) is 0.356. The summed E-state index contributed by atoms with van der Waals surface area (Å²) in [5.74, 6) is 0.539. The fourth-order valence-electron chi connectivity index (χ4n) is 1.66. The lowest BCUT2D eigenvalue weighted by atomic mass is 9.96. The Morgan fingerprint density at radius 3 is 2.56 bits per heavy atom. The zero-order chi connectivity index (χ0) is 12.6. The number of carbonyl (C=O) groups excluding carboxylic acids is 1. The number of carbonyl (C=O) groups is 1. The minimum absolute atomic E-state index is 0.0297. The minimum atomic E-state index is -0.860. The molecule has 0 aliphatic rings. The Labute approximate surface area is 101 Å². The Morgan fingerprint density at radius 1 is 1.56 bits per heavy atom. The van der Waals surface area contributed by atoms with Crippen LogP contribution in [0.4, 0.5) is 0 Å². The van der Waals surface area contributed by atoms with Crippen molar-refractivity contribution in [1.29, 1.82) is 0 Å². The maximum Gasteiger partial charge on any atom is 0.225 e. The monoisotopic (exact) mass is 245 g/mol. The normalized spacial score (nSPS) is 14.1. The number of hydrogen-bond acceptors (Lipinski definition) is 4. The van der Waals surface area contributed by atoms with Gasteiger partial charge in [0.15, 0.2) is 5.78 Å². The molecule has 0 bridgehead atoms. The van der Waals surface area contributed by atoms with Gasteiger partial charge in [-0.15, -0.1) is 18.3 Å². The molecule has 1 unspecified atom stereocenters. The second-order valence-corrected chi connectivity index (χ2v) is 5.02. The van der Waals surface area contributed by atoms with E-state index in [1.165, 1.54) is 11.8 Å². The van der Waals surface area contributed by atoms with Crippen LogP contribution in [0.25, 0.3) is 0 Å². The topological polar surface area (TPSA) is 60.2 Å². The first-order valence-corrected chi connectivity index (χ1v) is 6.41. The van der Waals surface area contributed by atoms with Crippen LogP contribution in [-0.4, -0.2) is 27.8 Å². The molecule has 0 saturated heterocycles. The SMILES string of the molecule is C=CCSC(CCC)(C[N+](=O)[O-])C(=O)CC. The van der Waals surface area contributed by atoms with Gasteiger partial charge in [-0.1, -0.05) is 26.3 Å². The summed E-state index contributed by atoms with van der Waals surface area (Å²) in [6, 6.07) is 0. The highest BCUT2D eigenvalue weighted by Gasteiger charge is 2.41. The third-order valence-electron chi connectivity index (χ3n) is 2.35. The van der Waals surface area contributed by atoms with E-state index >= 15 is 0 Å². The van der Waals surface area contributed by atoms with Crippen molar-refractivity contribution in [2.24, 2.45) is 0 Å². The molecule has 0 aliphatic carbocycles. The maximum atomic E-state index is 11.9. The fraction of sp³-hybridized carbons (Fsp3) is 0.727. The molecule has 0 aromatic rings. The van der Waals surface area contributed by atoms with E-state index in [4.69, 9.17) is 0 Å². The molecule has 5 heteroatoms. The average Bonchev–Trinajstić information content (AvgIpc) is 2.24. The average molecular weight is 245 g/mol. The van der Waals surface area contributed by atoms with Crippen LogP contribution in [0.3, 0.4) is 0 Å². The molecule has 0 amide bonds. The Hall–Kier alpha value is -0.840. The Morgan fingerprint density at radius 2 is 2.19 bits per heavy atom. The molecule has 0 aromatic heterocycles. The van der Waals surface area contributed by atoms with Crippen LogP contribution >= 0.6 is 11.8 Å². The van der Waals surface area contributed by atoms with E-state index in [1.807, 2.05) is 6.92 Å². The van der Waals surface area contributed by atoms with Crippen molar-refractivity contribution in [3.05, 3.63) is 22.8 Å². The van der Waals surface area contributed by atoms with E-state index in [9.17, 15) is 14.9 Å². The number of nitro groups is 1. The molecular weight excluding hydrogens is 226 g/mol. The van der Waals surface area contributed by atoms with Gasteiger partial charge < -0.3 is 0 Å². The van der Waals surface area contributed by atoms with Gasteiger partial charge in [-0.3, -0.25) is 14.9 Å². The highest BCUT2D eigenvalue weighted by Crippen LogP contribution is 2.33. The number of rotatable bonds is 9. The van der Waals surface area contributed by atoms with Crippen molar-refractivity contribution in [3.8, 4) is 0 Å². The van der Waals surface area contributed by atoms with Gasteiger partial charge >= 0.3 is 0 Å². The molecule has 0 aliphatic heterocycles. The van der Waals surface area contributed by atoms with Crippen molar-refractivity contribution in [1.82, 2.24) is 0 Å². The molecule has 1 atom stereocenters. The first-order chi connectivity index (χ1) is 7.52. The summed E-state index contributed by atoms with van der Waals surface area (Å²) < 4.78 is -0.860. The van der Waals surface area contributed by atoms with Gasteiger partial charge in [0.1, 0.15) is 4.75 Å². The van der Waals surface area contributed by atoms with E-state index < -0.39 is 4.75 Å². The summed E-state index contributed by atoms with van der Waals surface area (Å²) in [5.41, 5.74) is 0. The third kappa shape index (κ3) is 4.35. The first-order valence-electron chi connectivity index (χ1n) is 5.42. The predicted molar refractivity (Wildman–Crippen MR) is 67.5 cm³/mol. The lowest BCUT2D eigenvalue weighted by molar-refractivity contribution is -0.482. The second kappa shape index (κ2) is 7.44. The molecule has 0 spiro atoms. The van der Waals surface area contributed by atoms with Crippen molar-refractivity contribution < 1.29 is 9.72 Å². The Balaban J connectivity index is 4.93. The largest absolute Gasteiger partial charge is 0.298 e. The van der Waals surface area contributed by atoms with Crippen LogP contribution in [-0.2, 0) is 4.79 Å². The number of Topliss-reactive ketones (excluding diaryl/α,β-unsaturated/α-hetero) is 1. The minimum Gasteiger partial charge on any atom is -0.298 e. The summed E-state index contributed by atoms with van der Waals surface area (Å²) in [4.78, 5) is 22.2. The molecule has 92 valence electrons. The van der Waals surface area contributed by atoms with Crippen LogP contribution in [0.1, 0.15) is 33.1 Å². The van der Waals surface area contributed by atoms with Gasteiger partial charge in [0.25, 0.3) is 0 Å². The van der Waals surface area contributed by atoms with Crippen LogP contribution < -0.4 is 0 Å². The van der Waals surface area contributed by atoms with Gasteiger partial charge in [0.05, 0.1) is 0 Å². The number of hydrogen-bond donors (Lipinski definition) is 0. The molecule has 0 heterocycles. The summed E-state index contributed by atoms with van der Waals surface area (Å²) in [6.45, 7) is 6.99. The zero-order valence-electron chi connectivity index (χ0n) is 9.90. The van der Waals surface area contributed by atoms with Crippen LogP contribution in [0, 0.1) is 10.1 Å². The Kier molecular flexibility index (Phi) is 7.05. The summed E-state index contributed by atoms with van der Waals surface area (Å²) in [5, 5.41) is 10.7. The highest BCUT2D eigenvalue weighted by atomic mass is 32.2. The number of nitrogens with zero attached hydrogens (tertiary/aromatic N) is 1. The van der Waals surface area contributed by atoms with Crippen LogP contribution in [0.5, 0.6) is 0 Å². The molecule has 0 rings (SSSR count). The van der Waals surface area contributed by atoms with E-state index in [2.05, 4.69) is 6.58 Å². The van der Waals surface area contributed by atoms with Gasteiger partial charge in [-0.25, -0.2) is 0 Å². The van der Waals surface area contributed by atoms with Crippen molar-refractivity contribution >= 4 is 17.5 Å². The molecule has 0 fully saturated rings. The van der Waals surface area contributed by atoms with Crippen LogP contribution in [0.15, 0.2) is 12.7 Å². The molecule has 4 nitrogen and oxygen atoms in total. The van der Waals surface area contributed by atoms with E-state index in [-0.39, 0.29) is 17.3 Å². The summed E-state index contributed by atoms with van der Waals surface area (Å²) in [6.07, 6.45) is 3.35. The lowest BCUT2D eigenvalue weighted by Crippen LogP contribution is -2.42. The maximum absolute atomic E-state index is 11.9. The highest BCUT2D eigenvalue weighted by molar-refractivity contribution is 8.01. The van der Waals surface area contributed by atoms with Gasteiger partial charge in [-0.05, 0) is 6.42 Å². The standard InChI is InChI=1S/C11H19NO3S/c1-4-7-11(9-12(14)15,10(13)6-3)16-8-5-2/h5H,2,4,6-9H2,1,3H3. The van der Waals surface area contributed by atoms with Crippen molar-refractivity contribution in [2.45, 2.75) is 37.9 Å². The lowest BCUT2D eigenvalue weighted by Gasteiger charge is -2.26. The third-order valence-corrected chi connectivity index (χ3v) is 3.86. The van der Waals surface area contributed by atoms with Gasteiger partial charge in [0.2, 0.25) is 6.54 Å². The molecule has 0 radical (unpaired) electrons. The van der Waals surface area contributed by atoms with Crippen LogP contribution in [0.2, 0.25) is 0 Å². The van der Waals surface area contributed by atoms with Crippen molar-refractivity contribution in [2.75, 3.05) is 12.3 Å². The first kappa shape index (κ1) is 15.2. The van der Waals surface area contributed by atoms with E-state index in [0.717, 1.165) is 6.42 Å². The summed E-state index contributed by atoms with van der Waals surface area (Å²) >= 11 is 1.35. The molecule has 16 heavy (non-hydrogen) atoms. The van der Waals surface area contributed by atoms with E-state index in [1.54, 1.807) is 13.0 Å². The van der Waals surface area contributed by atoms with Gasteiger partial charge in [0, 0.05) is 17.1 Å². The number of thioether (sulfide) groups is 1. The smallest absolute Gasteiger partial charge is 0.225 e. The zero-order valence-corrected chi connectivity index (χ0v) is 10.7. The molecule has 0 aromatic carbocycles. The second-order valence-electron chi connectivity index (χ2n) is 3.61. The van der Waals surface area contributed by atoms with Crippen molar-refractivity contribution in [3.63, 3.8) is 0 Å². The predicted octanol–water partition coefficient (Wildman–Crippen LogP) is 2.70. The molecular formula is C11H19NO3S. The molecule has 0 saturated carbocycles. The number of ketones is 1.